The van der Waals surface area contributed by atoms with Crippen molar-refractivity contribution in [2.45, 2.75) is 38.8 Å². The Morgan fingerprint density at radius 1 is 1.22 bits per heavy atom. The van der Waals surface area contributed by atoms with E-state index < -0.39 is 12.1 Å². The number of rotatable bonds is 6. The van der Waals surface area contributed by atoms with Crippen molar-refractivity contribution < 1.29 is 19.1 Å². The molecular formula is C20H22N2O4S. The van der Waals surface area contributed by atoms with Gasteiger partial charge < -0.3 is 15.0 Å². The van der Waals surface area contributed by atoms with Crippen molar-refractivity contribution in [2.75, 3.05) is 11.4 Å². The van der Waals surface area contributed by atoms with Crippen LogP contribution in [-0.2, 0) is 20.9 Å². The Labute approximate surface area is 162 Å². The van der Waals surface area contributed by atoms with Gasteiger partial charge in [0.15, 0.2) is 6.10 Å². The summed E-state index contributed by atoms with van der Waals surface area (Å²) in [6.45, 7) is 2.66. The number of nitrogens with one attached hydrogen (secondary N) is 1. The maximum Gasteiger partial charge on any atom is 0.338 e. The zero-order valence-corrected chi connectivity index (χ0v) is 16.0. The number of esters is 1. The molecule has 142 valence electrons. The highest BCUT2D eigenvalue weighted by molar-refractivity contribution is 7.09. The molecule has 2 heterocycles. The summed E-state index contributed by atoms with van der Waals surface area (Å²) in [5.41, 5.74) is 1.12. The number of amides is 2. The van der Waals surface area contributed by atoms with Crippen molar-refractivity contribution >= 4 is 34.8 Å². The van der Waals surface area contributed by atoms with E-state index in [4.69, 9.17) is 4.74 Å². The zero-order chi connectivity index (χ0) is 19.2. The lowest BCUT2D eigenvalue weighted by molar-refractivity contribution is -0.129. The summed E-state index contributed by atoms with van der Waals surface area (Å²) in [7, 11) is 0. The van der Waals surface area contributed by atoms with Gasteiger partial charge in [0.1, 0.15) is 0 Å². The monoisotopic (exact) mass is 386 g/mol. The first-order chi connectivity index (χ1) is 13.0. The molecule has 7 heteroatoms. The first-order valence-corrected chi connectivity index (χ1v) is 9.84. The summed E-state index contributed by atoms with van der Waals surface area (Å²) < 4.78 is 5.25. The molecular weight excluding hydrogens is 364 g/mol. The molecule has 1 aromatic heterocycles. The van der Waals surface area contributed by atoms with E-state index in [1.807, 2.05) is 17.5 Å². The van der Waals surface area contributed by atoms with Crippen molar-refractivity contribution in [3.63, 3.8) is 0 Å². The van der Waals surface area contributed by atoms with Crippen molar-refractivity contribution in [3.8, 4) is 0 Å². The third kappa shape index (κ3) is 4.95. The van der Waals surface area contributed by atoms with Crippen LogP contribution in [-0.4, -0.2) is 30.4 Å². The molecule has 2 aromatic rings. The highest BCUT2D eigenvalue weighted by Crippen LogP contribution is 2.21. The fourth-order valence-corrected chi connectivity index (χ4v) is 3.51. The molecule has 1 atom stereocenters. The van der Waals surface area contributed by atoms with Crippen LogP contribution in [0.5, 0.6) is 0 Å². The Bertz CT molecular complexity index is 802. The minimum Gasteiger partial charge on any atom is -0.449 e. The molecule has 1 fully saturated rings. The van der Waals surface area contributed by atoms with Gasteiger partial charge in [0.05, 0.1) is 12.1 Å². The second kappa shape index (κ2) is 8.81. The maximum atomic E-state index is 12.3. The van der Waals surface area contributed by atoms with E-state index in [0.717, 1.165) is 23.4 Å². The van der Waals surface area contributed by atoms with Crippen LogP contribution in [0.15, 0.2) is 41.8 Å². The lowest BCUT2D eigenvalue weighted by Crippen LogP contribution is -2.35. The van der Waals surface area contributed by atoms with Gasteiger partial charge in [-0.3, -0.25) is 9.59 Å². The second-order valence-corrected chi connectivity index (χ2v) is 7.43. The van der Waals surface area contributed by atoms with Crippen LogP contribution in [0, 0.1) is 0 Å². The van der Waals surface area contributed by atoms with E-state index in [2.05, 4.69) is 5.32 Å². The largest absolute Gasteiger partial charge is 0.449 e. The minimum atomic E-state index is -0.888. The van der Waals surface area contributed by atoms with Gasteiger partial charge in [0.25, 0.3) is 5.91 Å². The predicted octanol–water partition coefficient (Wildman–Crippen LogP) is 3.13. The van der Waals surface area contributed by atoms with E-state index in [1.54, 1.807) is 47.4 Å². The van der Waals surface area contributed by atoms with Crippen molar-refractivity contribution in [3.05, 3.63) is 52.2 Å². The molecule has 0 aliphatic carbocycles. The first kappa shape index (κ1) is 19.1. The number of thiophene rings is 1. The Morgan fingerprint density at radius 3 is 2.67 bits per heavy atom. The fraction of sp³-hybridized carbons (Fsp3) is 0.350. The number of hydrogen-bond donors (Lipinski definition) is 1. The third-order valence-electron chi connectivity index (χ3n) is 4.41. The van der Waals surface area contributed by atoms with Crippen molar-refractivity contribution in [1.82, 2.24) is 5.32 Å². The number of carbonyl (C=O) groups is 3. The van der Waals surface area contributed by atoms with E-state index >= 15 is 0 Å². The average molecular weight is 386 g/mol. The average Bonchev–Trinajstić information content (AvgIpc) is 3.20. The van der Waals surface area contributed by atoms with Crippen molar-refractivity contribution in [2.24, 2.45) is 0 Å². The van der Waals surface area contributed by atoms with Gasteiger partial charge in [-0.15, -0.1) is 11.3 Å². The Hall–Kier alpha value is -2.67. The second-order valence-electron chi connectivity index (χ2n) is 6.39. The lowest BCUT2D eigenvalue weighted by atomic mass is 10.1. The summed E-state index contributed by atoms with van der Waals surface area (Å²) in [5.74, 6) is -0.801. The SMILES string of the molecule is C[C@@H](OC(=O)c1ccc(N2CCCCC2=O)cc1)C(=O)NCc1cccs1. The summed E-state index contributed by atoms with van der Waals surface area (Å²) >= 11 is 1.55. The molecule has 6 nitrogen and oxygen atoms in total. The molecule has 0 saturated carbocycles. The highest BCUT2D eigenvalue weighted by atomic mass is 32.1. The molecule has 1 aliphatic rings. The highest BCUT2D eigenvalue weighted by Gasteiger charge is 2.21. The number of anilines is 1. The zero-order valence-electron chi connectivity index (χ0n) is 15.1. The summed E-state index contributed by atoms with van der Waals surface area (Å²) in [5, 5.41) is 4.69. The Balaban J connectivity index is 1.53. The Morgan fingerprint density at radius 2 is 2.00 bits per heavy atom. The molecule has 1 aliphatic heterocycles. The van der Waals surface area contributed by atoms with Crippen molar-refractivity contribution in [1.29, 1.82) is 0 Å². The molecule has 1 N–H and O–H groups in total. The standard InChI is InChI=1S/C20H22N2O4S/c1-14(19(24)21-13-17-5-4-12-27-17)26-20(25)15-7-9-16(10-8-15)22-11-3-2-6-18(22)23/h4-5,7-10,12,14H,2-3,6,11,13H2,1H3,(H,21,24)/t14-/m1/s1. The maximum absolute atomic E-state index is 12.3. The van der Waals surface area contributed by atoms with Crippen LogP contribution >= 0.6 is 11.3 Å². The molecule has 1 aromatic carbocycles. The summed E-state index contributed by atoms with van der Waals surface area (Å²) in [4.78, 5) is 39.1. The topological polar surface area (TPSA) is 75.7 Å². The smallest absolute Gasteiger partial charge is 0.338 e. The molecule has 0 radical (unpaired) electrons. The number of carbonyl (C=O) groups excluding carboxylic acids is 3. The van der Waals surface area contributed by atoms with E-state index in [-0.39, 0.29) is 11.8 Å². The quantitative estimate of drug-likeness (QED) is 0.774. The number of hydrogen-bond acceptors (Lipinski definition) is 5. The van der Waals surface area contributed by atoms with Crippen LogP contribution in [0.4, 0.5) is 5.69 Å². The fourth-order valence-electron chi connectivity index (χ4n) is 2.87. The lowest BCUT2D eigenvalue weighted by Gasteiger charge is -2.26. The van der Waals surface area contributed by atoms with Crippen LogP contribution in [0.1, 0.15) is 41.4 Å². The van der Waals surface area contributed by atoms with Crippen LogP contribution < -0.4 is 10.2 Å². The molecule has 3 rings (SSSR count). The molecule has 1 saturated heterocycles. The number of ether oxygens (including phenoxy) is 1. The van der Waals surface area contributed by atoms with Crippen LogP contribution in [0.25, 0.3) is 0 Å². The molecule has 2 amide bonds. The minimum absolute atomic E-state index is 0.104. The molecule has 0 spiro atoms. The van der Waals surface area contributed by atoms with Crippen LogP contribution in [0.2, 0.25) is 0 Å². The summed E-state index contributed by atoms with van der Waals surface area (Å²) in [6.07, 6.45) is 1.57. The third-order valence-corrected chi connectivity index (χ3v) is 5.28. The molecule has 0 unspecified atom stereocenters. The first-order valence-electron chi connectivity index (χ1n) is 8.96. The summed E-state index contributed by atoms with van der Waals surface area (Å²) in [6, 6.07) is 10.6. The van der Waals surface area contributed by atoms with Gasteiger partial charge in [0, 0.05) is 23.5 Å². The van der Waals surface area contributed by atoms with Crippen LogP contribution in [0.3, 0.4) is 0 Å². The van der Waals surface area contributed by atoms with Gasteiger partial charge in [-0.2, -0.15) is 0 Å². The number of piperidine rings is 1. The van der Waals surface area contributed by atoms with E-state index in [0.29, 0.717) is 25.1 Å². The Kier molecular flexibility index (Phi) is 6.24. The van der Waals surface area contributed by atoms with Gasteiger partial charge in [-0.1, -0.05) is 6.07 Å². The number of nitrogens with zero attached hydrogens (tertiary/aromatic N) is 1. The van der Waals surface area contributed by atoms with Gasteiger partial charge in [-0.25, -0.2) is 4.79 Å². The number of benzene rings is 1. The van der Waals surface area contributed by atoms with Gasteiger partial charge >= 0.3 is 5.97 Å². The normalized spacial score (nSPS) is 15.3. The van der Waals surface area contributed by atoms with Gasteiger partial charge in [-0.05, 0) is 55.5 Å². The van der Waals surface area contributed by atoms with Gasteiger partial charge in [0.2, 0.25) is 5.91 Å². The van der Waals surface area contributed by atoms with E-state index in [9.17, 15) is 14.4 Å². The molecule has 27 heavy (non-hydrogen) atoms. The van der Waals surface area contributed by atoms with E-state index in [1.165, 1.54) is 0 Å². The molecule has 0 bridgehead atoms. The predicted molar refractivity (Wildman–Crippen MR) is 104 cm³/mol.